The Morgan fingerprint density at radius 2 is 1.80 bits per heavy atom. The molecule has 1 heterocycles. The first kappa shape index (κ1) is 26.1. The molecule has 0 radical (unpaired) electrons. The summed E-state index contributed by atoms with van der Waals surface area (Å²) in [6, 6.07) is 11.2. The number of hydrogen-bond donors (Lipinski definition) is 1. The third-order valence-electron chi connectivity index (χ3n) is 4.40. The molecular weight excluding hydrogens is 512 g/mol. The summed E-state index contributed by atoms with van der Waals surface area (Å²) in [4.78, 5) is 20.1. The molecule has 2 aromatic carbocycles. The number of nitrogens with zero attached hydrogens (tertiary/aromatic N) is 2. The van der Waals surface area contributed by atoms with Gasteiger partial charge in [0.2, 0.25) is 5.88 Å². The fourth-order valence-electron chi connectivity index (χ4n) is 2.80. The molecule has 0 aliphatic heterocycles. The van der Waals surface area contributed by atoms with Crippen molar-refractivity contribution in [3.63, 3.8) is 0 Å². The Morgan fingerprint density at radius 1 is 1.11 bits per heavy atom. The molecule has 0 saturated heterocycles. The van der Waals surface area contributed by atoms with Crippen LogP contribution in [0.5, 0.6) is 17.4 Å². The molecule has 3 aromatic rings. The summed E-state index contributed by atoms with van der Waals surface area (Å²) in [5.41, 5.74) is -0.396. The van der Waals surface area contributed by atoms with Gasteiger partial charge in [-0.1, -0.05) is 52.6 Å². The van der Waals surface area contributed by atoms with E-state index in [1.54, 1.807) is 31.2 Å². The summed E-state index contributed by atoms with van der Waals surface area (Å²) in [6.45, 7) is 1.82. The predicted octanol–water partition coefficient (Wildman–Crippen LogP) is 6.60. The van der Waals surface area contributed by atoms with Crippen LogP contribution in [-0.4, -0.2) is 28.4 Å². The van der Waals surface area contributed by atoms with Crippen molar-refractivity contribution in [1.29, 1.82) is 0 Å². The number of pyridine rings is 1. The van der Waals surface area contributed by atoms with Crippen molar-refractivity contribution in [2.75, 3.05) is 6.61 Å². The quantitative estimate of drug-likeness (QED) is 0.248. The van der Waals surface area contributed by atoms with Gasteiger partial charge in [-0.3, -0.25) is 0 Å². The highest BCUT2D eigenvalue weighted by Crippen LogP contribution is 2.40. The number of benzene rings is 2. The van der Waals surface area contributed by atoms with Crippen LogP contribution in [0.25, 0.3) is 0 Å². The van der Waals surface area contributed by atoms with Gasteiger partial charge in [-0.2, -0.15) is 13.2 Å². The van der Waals surface area contributed by atoms with Gasteiger partial charge < -0.3 is 19.4 Å². The standard InChI is InChI=1S/C23H17Cl2F3N2O5/c1-2-34-30-20(22(31)32)16-6-4-3-5-13(16)12-33-15-9-17(24)21(18(25)10-15)35-19-8-7-14(11-29-19)23(26,27)28/h3-11H,2,12H2,1H3,(H,31,32). The number of oxime groups is 1. The number of carbonyl (C=O) groups is 1. The summed E-state index contributed by atoms with van der Waals surface area (Å²) < 4.78 is 49.3. The highest BCUT2D eigenvalue weighted by Gasteiger charge is 2.30. The molecule has 0 amide bonds. The molecule has 3 rings (SSSR count). The number of carboxylic acid groups (broad SMARTS) is 1. The Morgan fingerprint density at radius 3 is 2.37 bits per heavy atom. The lowest BCUT2D eigenvalue weighted by Gasteiger charge is -2.14. The molecule has 7 nitrogen and oxygen atoms in total. The molecule has 0 aliphatic carbocycles. The molecule has 12 heteroatoms. The SMILES string of the molecule is CCON=C(C(=O)O)c1ccccc1COc1cc(Cl)c(Oc2ccc(C(F)(F)F)cn2)c(Cl)c1. The average molecular weight is 529 g/mol. The van der Waals surface area contributed by atoms with Gasteiger partial charge in [0.1, 0.15) is 19.0 Å². The van der Waals surface area contributed by atoms with Crippen molar-refractivity contribution >= 4 is 34.9 Å². The monoisotopic (exact) mass is 528 g/mol. The van der Waals surface area contributed by atoms with Gasteiger partial charge in [-0.15, -0.1) is 0 Å². The number of aromatic nitrogens is 1. The van der Waals surface area contributed by atoms with E-state index in [2.05, 4.69) is 10.1 Å². The average Bonchev–Trinajstić information content (AvgIpc) is 2.80. The van der Waals surface area contributed by atoms with Crippen LogP contribution in [-0.2, 0) is 22.4 Å². The molecule has 0 aliphatic rings. The second-order valence-corrected chi connectivity index (χ2v) is 7.62. The molecule has 0 unspecified atom stereocenters. The second-order valence-electron chi connectivity index (χ2n) is 6.81. The lowest BCUT2D eigenvalue weighted by molar-refractivity contribution is -0.137. The fraction of sp³-hybridized carbons (Fsp3) is 0.174. The first-order valence-corrected chi connectivity index (χ1v) is 10.7. The Balaban J connectivity index is 1.78. The lowest BCUT2D eigenvalue weighted by atomic mass is 10.0. The van der Waals surface area contributed by atoms with Gasteiger partial charge in [0, 0.05) is 30.0 Å². The molecule has 0 fully saturated rings. The lowest BCUT2D eigenvalue weighted by Crippen LogP contribution is -2.18. The van der Waals surface area contributed by atoms with Crippen LogP contribution in [0, 0.1) is 0 Å². The van der Waals surface area contributed by atoms with E-state index in [0.717, 1.165) is 12.1 Å². The Labute approximate surface area is 207 Å². The van der Waals surface area contributed by atoms with Gasteiger partial charge in [0.15, 0.2) is 11.5 Å². The number of carboxylic acids is 1. The molecule has 184 valence electrons. The normalized spacial score (nSPS) is 11.8. The highest BCUT2D eigenvalue weighted by molar-refractivity contribution is 6.42. The van der Waals surface area contributed by atoms with E-state index >= 15 is 0 Å². The van der Waals surface area contributed by atoms with Crippen molar-refractivity contribution in [2.45, 2.75) is 19.7 Å². The van der Waals surface area contributed by atoms with Crippen LogP contribution in [0.3, 0.4) is 0 Å². The number of ether oxygens (including phenoxy) is 2. The zero-order valence-electron chi connectivity index (χ0n) is 18.0. The fourth-order valence-corrected chi connectivity index (χ4v) is 3.35. The molecule has 35 heavy (non-hydrogen) atoms. The van der Waals surface area contributed by atoms with Crippen LogP contribution < -0.4 is 9.47 Å². The van der Waals surface area contributed by atoms with Crippen molar-refractivity contribution < 1.29 is 37.4 Å². The van der Waals surface area contributed by atoms with Crippen LogP contribution in [0.15, 0.2) is 59.9 Å². The molecule has 0 atom stereocenters. The number of aliphatic carboxylic acids is 1. The predicted molar refractivity (Wildman–Crippen MR) is 122 cm³/mol. The third-order valence-corrected chi connectivity index (χ3v) is 4.96. The van der Waals surface area contributed by atoms with Crippen LogP contribution in [0.4, 0.5) is 13.2 Å². The third kappa shape index (κ3) is 6.77. The summed E-state index contributed by atoms with van der Waals surface area (Å²) in [5, 5.41) is 13.2. The van der Waals surface area contributed by atoms with Gasteiger partial charge in [-0.25, -0.2) is 9.78 Å². The van der Waals surface area contributed by atoms with Crippen molar-refractivity contribution in [1.82, 2.24) is 4.98 Å². The van der Waals surface area contributed by atoms with E-state index in [1.807, 2.05) is 0 Å². The maximum atomic E-state index is 12.7. The summed E-state index contributed by atoms with van der Waals surface area (Å²) in [7, 11) is 0. The van der Waals surface area contributed by atoms with Crippen LogP contribution >= 0.6 is 23.2 Å². The summed E-state index contributed by atoms with van der Waals surface area (Å²) in [5.74, 6) is -1.19. The van der Waals surface area contributed by atoms with Gasteiger partial charge in [-0.05, 0) is 18.6 Å². The van der Waals surface area contributed by atoms with Crippen LogP contribution in [0.1, 0.15) is 23.6 Å². The molecule has 1 N–H and O–H groups in total. The van der Waals surface area contributed by atoms with Gasteiger partial charge in [0.25, 0.3) is 0 Å². The maximum Gasteiger partial charge on any atom is 0.417 e. The molecule has 0 saturated carbocycles. The smallest absolute Gasteiger partial charge is 0.417 e. The number of halogens is 5. The molecular formula is C23H17Cl2F3N2O5. The molecule has 1 aromatic heterocycles. The largest absolute Gasteiger partial charge is 0.489 e. The topological polar surface area (TPSA) is 90.2 Å². The van der Waals surface area contributed by atoms with E-state index < -0.39 is 17.7 Å². The minimum absolute atomic E-state index is 0.0200. The number of alkyl halides is 3. The van der Waals surface area contributed by atoms with Crippen molar-refractivity contribution in [3.05, 3.63) is 81.5 Å². The van der Waals surface area contributed by atoms with Gasteiger partial charge >= 0.3 is 12.1 Å². The first-order chi connectivity index (χ1) is 16.6. The zero-order chi connectivity index (χ0) is 25.6. The van der Waals surface area contributed by atoms with E-state index in [9.17, 15) is 23.1 Å². The van der Waals surface area contributed by atoms with Crippen LogP contribution in [0.2, 0.25) is 10.0 Å². The maximum absolute atomic E-state index is 12.7. The van der Waals surface area contributed by atoms with E-state index in [0.29, 0.717) is 17.3 Å². The van der Waals surface area contributed by atoms with Gasteiger partial charge in [0.05, 0.1) is 15.6 Å². The minimum Gasteiger partial charge on any atom is -0.489 e. The second kappa shape index (κ2) is 11.3. The first-order valence-electron chi connectivity index (χ1n) is 9.94. The number of hydrogen-bond acceptors (Lipinski definition) is 6. The van der Waals surface area contributed by atoms with E-state index in [-0.39, 0.29) is 46.3 Å². The number of rotatable bonds is 9. The highest BCUT2D eigenvalue weighted by atomic mass is 35.5. The van der Waals surface area contributed by atoms with E-state index in [1.165, 1.54) is 12.1 Å². The Hall–Kier alpha value is -3.50. The Bertz CT molecular complexity index is 1210. The van der Waals surface area contributed by atoms with Crippen molar-refractivity contribution in [3.8, 4) is 17.4 Å². The molecule has 0 bridgehead atoms. The minimum atomic E-state index is -4.53. The Kier molecular flexibility index (Phi) is 8.42. The van der Waals surface area contributed by atoms with Crippen molar-refractivity contribution in [2.24, 2.45) is 5.16 Å². The zero-order valence-corrected chi connectivity index (χ0v) is 19.5. The molecule has 0 spiro atoms. The van der Waals surface area contributed by atoms with E-state index in [4.69, 9.17) is 37.5 Å². The summed E-state index contributed by atoms with van der Waals surface area (Å²) in [6.07, 6.45) is -3.90. The summed E-state index contributed by atoms with van der Waals surface area (Å²) >= 11 is 12.5.